The highest BCUT2D eigenvalue weighted by Gasteiger charge is 2.37. The molecule has 0 radical (unpaired) electrons. The van der Waals surface area contributed by atoms with E-state index in [0.717, 1.165) is 44.0 Å². The quantitative estimate of drug-likeness (QED) is 0.176. The second-order valence-electron chi connectivity index (χ2n) is 14.5. The van der Waals surface area contributed by atoms with Gasteiger partial charge in [-0.25, -0.2) is 9.97 Å². The molecule has 1 aliphatic rings. The number of benzene rings is 8. The van der Waals surface area contributed by atoms with Crippen molar-refractivity contribution >= 4 is 54.3 Å². The summed E-state index contributed by atoms with van der Waals surface area (Å²) in [7, 11) is 0. The van der Waals surface area contributed by atoms with Gasteiger partial charge in [-0.1, -0.05) is 172 Å². The summed E-state index contributed by atoms with van der Waals surface area (Å²) in [6, 6.07) is 59.2. The third kappa shape index (κ3) is 3.96. The molecule has 2 heterocycles. The average molecular weight is 664 g/mol. The van der Waals surface area contributed by atoms with Gasteiger partial charge in [-0.3, -0.25) is 4.57 Å². The molecule has 10 aromatic rings. The zero-order valence-electron chi connectivity index (χ0n) is 28.9. The zero-order valence-corrected chi connectivity index (χ0v) is 28.9. The first-order valence-electron chi connectivity index (χ1n) is 18.0. The van der Waals surface area contributed by atoms with E-state index in [-0.39, 0.29) is 5.41 Å². The smallest absolute Gasteiger partial charge is 0.235 e. The molecule has 8 aromatic carbocycles. The first-order valence-corrected chi connectivity index (χ1v) is 18.0. The minimum Gasteiger partial charge on any atom is -0.277 e. The number of aromatic nitrogens is 3. The van der Waals surface area contributed by atoms with Crippen LogP contribution in [-0.4, -0.2) is 14.5 Å². The van der Waals surface area contributed by atoms with Crippen LogP contribution >= 0.6 is 0 Å². The molecule has 3 heteroatoms. The summed E-state index contributed by atoms with van der Waals surface area (Å²) < 4.78 is 2.36. The van der Waals surface area contributed by atoms with Crippen molar-refractivity contribution in [2.45, 2.75) is 19.3 Å². The Labute approximate surface area is 301 Å². The van der Waals surface area contributed by atoms with Gasteiger partial charge in [0.15, 0.2) is 0 Å². The van der Waals surface area contributed by atoms with Crippen molar-refractivity contribution in [2.75, 3.05) is 0 Å². The summed E-state index contributed by atoms with van der Waals surface area (Å²) in [5, 5.41) is 8.05. The maximum Gasteiger partial charge on any atom is 0.235 e. The predicted octanol–water partition coefficient (Wildman–Crippen LogP) is 12.7. The second-order valence-corrected chi connectivity index (χ2v) is 14.5. The summed E-state index contributed by atoms with van der Waals surface area (Å²) in [5.41, 5.74) is 12.8. The van der Waals surface area contributed by atoms with Crippen LogP contribution in [0.15, 0.2) is 164 Å². The fourth-order valence-electron chi connectivity index (χ4n) is 8.99. The molecule has 2 aromatic heterocycles. The van der Waals surface area contributed by atoms with Gasteiger partial charge in [-0.05, 0) is 44.7 Å². The lowest BCUT2D eigenvalue weighted by Gasteiger charge is -2.21. The third-order valence-corrected chi connectivity index (χ3v) is 11.4. The van der Waals surface area contributed by atoms with E-state index in [4.69, 9.17) is 9.97 Å². The summed E-state index contributed by atoms with van der Waals surface area (Å²) in [6.45, 7) is 4.70. The third-order valence-electron chi connectivity index (χ3n) is 11.4. The summed E-state index contributed by atoms with van der Waals surface area (Å²) in [6.07, 6.45) is 0. The Kier molecular flexibility index (Phi) is 6.01. The summed E-state index contributed by atoms with van der Waals surface area (Å²) in [5.74, 6) is 0.666. The molecule has 0 bridgehead atoms. The Morgan fingerprint density at radius 1 is 0.423 bits per heavy atom. The SMILES string of the molecule is CC1(C)c2ccccc2-c2c(-c3cccc4c5ccc6ccccc6c5n(-c5nc(-c6ccccc6)c6ccc7ccccc7c6n5)c34)cccc21. The molecule has 11 rings (SSSR count). The minimum absolute atomic E-state index is 0.105. The molecule has 0 unspecified atom stereocenters. The number of hydrogen-bond donors (Lipinski definition) is 0. The minimum atomic E-state index is -0.105. The predicted molar refractivity (Wildman–Crippen MR) is 217 cm³/mol. The van der Waals surface area contributed by atoms with Gasteiger partial charge in [-0.15, -0.1) is 0 Å². The highest BCUT2D eigenvalue weighted by Crippen LogP contribution is 2.53. The van der Waals surface area contributed by atoms with Crippen molar-refractivity contribution in [1.82, 2.24) is 14.5 Å². The molecule has 0 aliphatic heterocycles. The fraction of sp³-hybridized carbons (Fsp3) is 0.0612. The summed E-state index contributed by atoms with van der Waals surface area (Å²) in [4.78, 5) is 11.1. The normalized spacial score (nSPS) is 13.3. The van der Waals surface area contributed by atoms with E-state index in [2.05, 4.69) is 182 Å². The van der Waals surface area contributed by atoms with Gasteiger partial charge in [0.2, 0.25) is 5.95 Å². The number of para-hydroxylation sites is 1. The van der Waals surface area contributed by atoms with Crippen LogP contribution in [0.25, 0.3) is 93.7 Å². The Bertz CT molecular complexity index is 3100. The topological polar surface area (TPSA) is 30.7 Å². The van der Waals surface area contributed by atoms with E-state index in [1.165, 1.54) is 54.9 Å². The number of rotatable bonds is 3. The first kappa shape index (κ1) is 29.2. The molecule has 0 spiro atoms. The lowest BCUT2D eigenvalue weighted by molar-refractivity contribution is 0.660. The van der Waals surface area contributed by atoms with Gasteiger partial charge in [0.05, 0.1) is 22.2 Å². The maximum atomic E-state index is 5.56. The van der Waals surface area contributed by atoms with Crippen LogP contribution in [0.1, 0.15) is 25.0 Å². The molecular weight excluding hydrogens is 631 g/mol. The van der Waals surface area contributed by atoms with Crippen molar-refractivity contribution in [3.8, 4) is 39.5 Å². The van der Waals surface area contributed by atoms with Gasteiger partial charge in [-0.2, -0.15) is 0 Å². The maximum absolute atomic E-state index is 5.56. The van der Waals surface area contributed by atoms with Crippen LogP contribution in [0.4, 0.5) is 0 Å². The van der Waals surface area contributed by atoms with Crippen LogP contribution < -0.4 is 0 Å². The van der Waals surface area contributed by atoms with Crippen LogP contribution in [0.2, 0.25) is 0 Å². The molecule has 52 heavy (non-hydrogen) atoms. The average Bonchev–Trinajstić information content (AvgIpc) is 3.67. The van der Waals surface area contributed by atoms with Gasteiger partial charge in [0.25, 0.3) is 0 Å². The molecule has 1 aliphatic carbocycles. The first-order chi connectivity index (χ1) is 25.6. The van der Waals surface area contributed by atoms with Crippen molar-refractivity contribution in [2.24, 2.45) is 0 Å². The van der Waals surface area contributed by atoms with Gasteiger partial charge >= 0.3 is 0 Å². The standard InChI is InChI=1S/C49H33N3/c1-49(2)41-24-11-10-20-39(41)43-35(21-13-25-42(43)49)36-22-12-23-37-38-28-26-31-15-7-9-19-34(31)46(38)52(47(36)37)48-50-44(32-16-4-3-5-17-32)40-29-27-30-14-6-8-18-33(30)45(40)51-48/h3-29H,1-2H3. The number of nitrogens with zero attached hydrogens (tertiary/aromatic N) is 3. The summed E-state index contributed by atoms with van der Waals surface area (Å²) >= 11 is 0. The number of hydrogen-bond acceptors (Lipinski definition) is 2. The molecule has 0 saturated carbocycles. The van der Waals surface area contributed by atoms with E-state index < -0.39 is 0 Å². The molecule has 0 atom stereocenters. The highest BCUT2D eigenvalue weighted by atomic mass is 15.2. The van der Waals surface area contributed by atoms with Gasteiger partial charge in [0.1, 0.15) is 0 Å². The Hall–Kier alpha value is -6.58. The molecule has 244 valence electrons. The monoisotopic (exact) mass is 663 g/mol. The largest absolute Gasteiger partial charge is 0.277 e. The Morgan fingerprint density at radius 2 is 1.02 bits per heavy atom. The van der Waals surface area contributed by atoms with Crippen LogP contribution in [-0.2, 0) is 5.41 Å². The van der Waals surface area contributed by atoms with Gasteiger partial charge in [0, 0.05) is 43.5 Å². The number of fused-ring (bicyclic) bond motifs is 11. The van der Waals surface area contributed by atoms with Crippen molar-refractivity contribution in [3.05, 3.63) is 175 Å². The molecule has 0 fully saturated rings. The Morgan fingerprint density at radius 3 is 1.87 bits per heavy atom. The van der Waals surface area contributed by atoms with E-state index in [1.54, 1.807) is 0 Å². The van der Waals surface area contributed by atoms with Gasteiger partial charge < -0.3 is 0 Å². The zero-order chi connectivity index (χ0) is 34.6. The van der Waals surface area contributed by atoms with Crippen LogP contribution in [0.5, 0.6) is 0 Å². The lowest BCUT2D eigenvalue weighted by atomic mass is 9.82. The Balaban J connectivity index is 1.34. The van der Waals surface area contributed by atoms with E-state index in [9.17, 15) is 0 Å². The van der Waals surface area contributed by atoms with E-state index >= 15 is 0 Å². The molecule has 0 saturated heterocycles. The van der Waals surface area contributed by atoms with Crippen molar-refractivity contribution in [1.29, 1.82) is 0 Å². The second kappa shape index (κ2) is 10.7. The fourth-order valence-corrected chi connectivity index (χ4v) is 8.99. The highest BCUT2D eigenvalue weighted by molar-refractivity contribution is 6.21. The van der Waals surface area contributed by atoms with Crippen molar-refractivity contribution in [3.63, 3.8) is 0 Å². The lowest BCUT2D eigenvalue weighted by Crippen LogP contribution is -2.14. The molecular formula is C49H33N3. The van der Waals surface area contributed by atoms with Crippen LogP contribution in [0, 0.1) is 0 Å². The molecule has 0 N–H and O–H groups in total. The molecule has 3 nitrogen and oxygen atoms in total. The van der Waals surface area contributed by atoms with Crippen molar-refractivity contribution < 1.29 is 0 Å². The van der Waals surface area contributed by atoms with E-state index in [1.807, 2.05) is 0 Å². The van der Waals surface area contributed by atoms with Crippen LogP contribution in [0.3, 0.4) is 0 Å². The van der Waals surface area contributed by atoms with E-state index in [0.29, 0.717) is 5.95 Å². The molecule has 0 amide bonds.